The first kappa shape index (κ1) is 10.6. The second kappa shape index (κ2) is 4.38. The van der Waals surface area contributed by atoms with Crippen LogP contribution in [0.5, 0.6) is 0 Å². The van der Waals surface area contributed by atoms with Gasteiger partial charge in [0.2, 0.25) is 0 Å². The number of benzene rings is 2. The molecule has 0 spiro atoms. The summed E-state index contributed by atoms with van der Waals surface area (Å²) in [7, 11) is 0. The first-order valence-electron chi connectivity index (χ1n) is 5.75. The van der Waals surface area contributed by atoms with Crippen molar-refractivity contribution in [1.29, 1.82) is 0 Å². The summed E-state index contributed by atoms with van der Waals surface area (Å²) in [4.78, 5) is 4.31. The normalized spacial score (nSPS) is 10.1. The summed E-state index contributed by atoms with van der Waals surface area (Å²) in [6, 6.07) is 15.7. The minimum atomic E-state index is 0.455. The first-order chi connectivity index (χ1) is 8.81. The Bertz CT molecular complexity index is 709. The summed E-state index contributed by atoms with van der Waals surface area (Å²) in [6.45, 7) is 2.05. The Hall–Kier alpha value is -2.53. The molecule has 2 nitrogen and oxygen atoms in total. The molecule has 3 aromatic rings. The molecular weight excluding hydrogens is 222 g/mol. The van der Waals surface area contributed by atoms with Crippen molar-refractivity contribution in [3.8, 4) is 11.8 Å². The minimum absolute atomic E-state index is 0.455. The Kier molecular flexibility index (Phi) is 2.59. The van der Waals surface area contributed by atoms with Crippen molar-refractivity contribution in [3.63, 3.8) is 0 Å². The summed E-state index contributed by atoms with van der Waals surface area (Å²) < 4.78 is 5.53. The summed E-state index contributed by atoms with van der Waals surface area (Å²) in [5.41, 5.74) is 3.79. The Labute approximate surface area is 105 Å². The molecule has 0 radical (unpaired) electrons. The number of fused-ring (bicyclic) bond motifs is 1. The van der Waals surface area contributed by atoms with E-state index in [1.807, 2.05) is 48.5 Å². The molecular formula is C16H11NO. The monoisotopic (exact) mass is 233 g/mol. The van der Waals surface area contributed by atoms with E-state index in [9.17, 15) is 0 Å². The quantitative estimate of drug-likeness (QED) is 0.555. The molecule has 0 aliphatic rings. The third-order valence-corrected chi connectivity index (χ3v) is 2.66. The number of para-hydroxylation sites is 2. The number of nitrogens with zero attached hydrogens (tertiary/aromatic N) is 1. The highest BCUT2D eigenvalue weighted by Gasteiger charge is 2.00. The third-order valence-electron chi connectivity index (χ3n) is 2.66. The van der Waals surface area contributed by atoms with E-state index in [0.29, 0.717) is 5.89 Å². The van der Waals surface area contributed by atoms with E-state index in [1.165, 1.54) is 5.56 Å². The van der Waals surface area contributed by atoms with Gasteiger partial charge in [0.1, 0.15) is 5.52 Å². The molecule has 1 aromatic heterocycles. The van der Waals surface area contributed by atoms with Crippen LogP contribution >= 0.6 is 0 Å². The van der Waals surface area contributed by atoms with Gasteiger partial charge in [-0.3, -0.25) is 0 Å². The van der Waals surface area contributed by atoms with Gasteiger partial charge in [0.25, 0.3) is 5.89 Å². The Morgan fingerprint density at radius 1 is 0.944 bits per heavy atom. The molecule has 2 aromatic carbocycles. The molecule has 0 fully saturated rings. The molecule has 0 unspecified atom stereocenters. The maximum absolute atomic E-state index is 5.53. The van der Waals surface area contributed by atoms with E-state index in [1.54, 1.807) is 0 Å². The Balaban J connectivity index is 1.95. The molecule has 0 aliphatic heterocycles. The minimum Gasteiger partial charge on any atom is -0.430 e. The molecule has 86 valence electrons. The Morgan fingerprint density at radius 3 is 2.50 bits per heavy atom. The summed E-state index contributed by atoms with van der Waals surface area (Å²) in [6.07, 6.45) is 0. The van der Waals surface area contributed by atoms with Gasteiger partial charge in [-0.1, -0.05) is 35.7 Å². The average Bonchev–Trinajstić information content (AvgIpc) is 2.81. The first-order valence-corrected chi connectivity index (χ1v) is 5.75. The number of oxazole rings is 1. The topological polar surface area (TPSA) is 26.0 Å². The van der Waals surface area contributed by atoms with Crippen molar-refractivity contribution < 1.29 is 4.42 Å². The summed E-state index contributed by atoms with van der Waals surface area (Å²) in [5, 5.41) is 0. The van der Waals surface area contributed by atoms with Gasteiger partial charge in [-0.05, 0) is 37.1 Å². The fraction of sp³-hybridized carbons (Fsp3) is 0.0625. The van der Waals surface area contributed by atoms with Crippen LogP contribution in [0, 0.1) is 18.8 Å². The number of hydrogen-bond acceptors (Lipinski definition) is 2. The van der Waals surface area contributed by atoms with Crippen LogP contribution in [0.4, 0.5) is 0 Å². The van der Waals surface area contributed by atoms with E-state index < -0.39 is 0 Å². The zero-order valence-electron chi connectivity index (χ0n) is 9.97. The standard InChI is InChI=1S/C16H11NO/c1-12-6-8-13(9-7-12)10-11-16-17-14-4-2-3-5-15(14)18-16/h2-9H,1H3. The van der Waals surface area contributed by atoms with Crippen LogP contribution in [0.2, 0.25) is 0 Å². The van der Waals surface area contributed by atoms with Gasteiger partial charge in [0.05, 0.1) is 0 Å². The van der Waals surface area contributed by atoms with Gasteiger partial charge in [-0.15, -0.1) is 0 Å². The van der Waals surface area contributed by atoms with Crippen LogP contribution in [0.3, 0.4) is 0 Å². The second-order valence-electron chi connectivity index (χ2n) is 4.10. The zero-order chi connectivity index (χ0) is 12.4. The van der Waals surface area contributed by atoms with Crippen LogP contribution < -0.4 is 0 Å². The van der Waals surface area contributed by atoms with Gasteiger partial charge in [-0.25, -0.2) is 4.98 Å². The molecule has 0 atom stereocenters. The molecule has 1 heterocycles. The highest BCUT2D eigenvalue weighted by molar-refractivity contribution is 5.72. The number of rotatable bonds is 0. The number of aryl methyl sites for hydroxylation is 1. The summed E-state index contributed by atoms with van der Waals surface area (Å²) in [5.74, 6) is 6.44. The van der Waals surface area contributed by atoms with Crippen molar-refractivity contribution in [2.45, 2.75) is 6.92 Å². The maximum Gasteiger partial charge on any atom is 0.274 e. The van der Waals surface area contributed by atoms with E-state index in [4.69, 9.17) is 4.42 Å². The average molecular weight is 233 g/mol. The van der Waals surface area contributed by atoms with Crippen LogP contribution in [0.1, 0.15) is 17.0 Å². The van der Waals surface area contributed by atoms with E-state index >= 15 is 0 Å². The third kappa shape index (κ3) is 2.11. The van der Waals surface area contributed by atoms with Crippen molar-refractivity contribution in [2.24, 2.45) is 0 Å². The molecule has 0 N–H and O–H groups in total. The van der Waals surface area contributed by atoms with Gasteiger partial charge in [-0.2, -0.15) is 0 Å². The molecule has 18 heavy (non-hydrogen) atoms. The molecule has 0 aliphatic carbocycles. The number of aromatic nitrogens is 1. The van der Waals surface area contributed by atoms with Crippen LogP contribution in [-0.2, 0) is 0 Å². The van der Waals surface area contributed by atoms with Crippen LogP contribution in [0.15, 0.2) is 52.9 Å². The highest BCUT2D eigenvalue weighted by atomic mass is 16.3. The lowest BCUT2D eigenvalue weighted by molar-refractivity contribution is 0.586. The van der Waals surface area contributed by atoms with Crippen LogP contribution in [0.25, 0.3) is 11.1 Å². The molecule has 3 rings (SSSR count). The molecule has 0 bridgehead atoms. The van der Waals surface area contributed by atoms with Crippen molar-refractivity contribution in [1.82, 2.24) is 4.98 Å². The lowest BCUT2D eigenvalue weighted by atomic mass is 10.2. The van der Waals surface area contributed by atoms with Gasteiger partial charge in [0.15, 0.2) is 5.58 Å². The maximum atomic E-state index is 5.53. The van der Waals surface area contributed by atoms with Crippen molar-refractivity contribution in [2.75, 3.05) is 0 Å². The Morgan fingerprint density at radius 2 is 1.72 bits per heavy atom. The second-order valence-corrected chi connectivity index (χ2v) is 4.10. The largest absolute Gasteiger partial charge is 0.430 e. The van der Waals surface area contributed by atoms with E-state index in [2.05, 4.69) is 23.7 Å². The number of hydrogen-bond donors (Lipinski definition) is 0. The highest BCUT2D eigenvalue weighted by Crippen LogP contribution is 2.13. The SMILES string of the molecule is Cc1ccc(C#Cc2nc3ccccc3o2)cc1. The fourth-order valence-electron chi connectivity index (χ4n) is 1.69. The fourth-order valence-corrected chi connectivity index (χ4v) is 1.69. The van der Waals surface area contributed by atoms with Gasteiger partial charge in [0, 0.05) is 5.56 Å². The summed E-state index contributed by atoms with van der Waals surface area (Å²) >= 11 is 0. The predicted molar refractivity (Wildman–Crippen MR) is 71.2 cm³/mol. The van der Waals surface area contributed by atoms with Gasteiger partial charge < -0.3 is 4.42 Å². The molecule has 2 heteroatoms. The van der Waals surface area contributed by atoms with Crippen molar-refractivity contribution in [3.05, 3.63) is 65.5 Å². The van der Waals surface area contributed by atoms with Crippen molar-refractivity contribution >= 4 is 11.1 Å². The molecule has 0 saturated heterocycles. The smallest absolute Gasteiger partial charge is 0.274 e. The van der Waals surface area contributed by atoms with Crippen LogP contribution in [-0.4, -0.2) is 4.98 Å². The van der Waals surface area contributed by atoms with E-state index in [0.717, 1.165) is 16.7 Å². The lowest BCUT2D eigenvalue weighted by Gasteiger charge is -1.90. The molecule has 0 saturated carbocycles. The zero-order valence-corrected chi connectivity index (χ0v) is 9.97. The predicted octanol–water partition coefficient (Wildman–Crippen LogP) is 3.54. The molecule has 0 amide bonds. The van der Waals surface area contributed by atoms with E-state index in [-0.39, 0.29) is 0 Å². The lowest BCUT2D eigenvalue weighted by Crippen LogP contribution is -1.76. The van der Waals surface area contributed by atoms with Gasteiger partial charge >= 0.3 is 0 Å².